The first-order valence-electron chi connectivity index (χ1n) is 12.1. The normalized spacial score (nSPS) is 16.9. The van der Waals surface area contributed by atoms with Crippen LogP contribution in [0.4, 0.5) is 17.6 Å². The predicted octanol–water partition coefficient (Wildman–Crippen LogP) is 3.90. The second-order valence-corrected chi connectivity index (χ2v) is 8.71. The molecule has 3 heterocycles. The van der Waals surface area contributed by atoms with Gasteiger partial charge in [0.2, 0.25) is 5.95 Å². The zero-order chi connectivity index (χ0) is 23.5. The molecule has 0 spiro atoms. The van der Waals surface area contributed by atoms with Crippen molar-refractivity contribution in [2.45, 2.75) is 0 Å². The molecule has 6 rings (SSSR count). The Labute approximate surface area is 204 Å². The van der Waals surface area contributed by atoms with E-state index in [1.54, 1.807) is 0 Å². The molecule has 0 atom stereocenters. The predicted molar refractivity (Wildman–Crippen MR) is 141 cm³/mol. The topological polar surface area (TPSA) is 75.1 Å². The number of benzene rings is 3. The van der Waals surface area contributed by atoms with Crippen LogP contribution in [0.5, 0.6) is 0 Å². The second kappa shape index (κ2) is 9.85. The van der Waals surface area contributed by atoms with Gasteiger partial charge in [-0.05, 0) is 27.6 Å². The van der Waals surface area contributed by atoms with Crippen molar-refractivity contribution in [3.05, 3.63) is 66.2 Å². The summed E-state index contributed by atoms with van der Waals surface area (Å²) in [6, 6.07) is 21.0. The van der Waals surface area contributed by atoms with Gasteiger partial charge in [-0.2, -0.15) is 15.1 Å². The molecule has 1 N–H and O–H groups in total. The van der Waals surface area contributed by atoms with Gasteiger partial charge in [-0.15, -0.1) is 0 Å². The largest absolute Gasteiger partial charge is 0.378 e. The molecular weight excluding hydrogens is 440 g/mol. The minimum Gasteiger partial charge on any atom is -0.378 e. The third-order valence-electron chi connectivity index (χ3n) is 6.52. The first-order chi connectivity index (χ1) is 17.3. The van der Waals surface area contributed by atoms with Crippen molar-refractivity contribution >= 4 is 45.3 Å². The molecule has 0 amide bonds. The van der Waals surface area contributed by atoms with Crippen molar-refractivity contribution in [2.24, 2.45) is 5.10 Å². The van der Waals surface area contributed by atoms with Gasteiger partial charge in [0.25, 0.3) is 0 Å². The van der Waals surface area contributed by atoms with Crippen LogP contribution in [0.3, 0.4) is 0 Å². The maximum atomic E-state index is 5.53. The first-order valence-corrected chi connectivity index (χ1v) is 12.1. The van der Waals surface area contributed by atoms with E-state index in [1.807, 2.05) is 12.3 Å². The standard InChI is InChI=1S/C27H28N6O2/c1-3-7-22-20(5-1)17-21-6-2-4-8-23(21)24(22)19-28-31-25-18-26(32-9-13-34-14-10-32)30-27(29-25)33-11-15-35-16-12-33/h1-8,17-19H,9-16H2,(H,29,30,31)/b28-19+. The summed E-state index contributed by atoms with van der Waals surface area (Å²) in [7, 11) is 0. The lowest BCUT2D eigenvalue weighted by Crippen LogP contribution is -2.39. The fourth-order valence-corrected chi connectivity index (χ4v) is 4.69. The molecule has 0 bridgehead atoms. The van der Waals surface area contributed by atoms with Gasteiger partial charge in [-0.1, -0.05) is 48.5 Å². The minimum atomic E-state index is 0.670. The Bertz CT molecular complexity index is 1270. The fraction of sp³-hybridized carbons (Fsp3) is 0.296. The van der Waals surface area contributed by atoms with Gasteiger partial charge in [-0.25, -0.2) is 0 Å². The number of nitrogens with zero attached hydrogens (tertiary/aromatic N) is 5. The molecule has 2 aliphatic rings. The van der Waals surface area contributed by atoms with Crippen LogP contribution in [0.15, 0.2) is 65.8 Å². The van der Waals surface area contributed by atoms with Crippen LogP contribution in [0.2, 0.25) is 0 Å². The van der Waals surface area contributed by atoms with Gasteiger partial charge in [0.05, 0.1) is 32.6 Å². The van der Waals surface area contributed by atoms with Crippen molar-refractivity contribution in [2.75, 3.05) is 67.8 Å². The second-order valence-electron chi connectivity index (χ2n) is 8.71. The fourth-order valence-electron chi connectivity index (χ4n) is 4.69. The number of hydrogen-bond acceptors (Lipinski definition) is 8. The van der Waals surface area contributed by atoms with Gasteiger partial charge in [0.15, 0.2) is 5.82 Å². The van der Waals surface area contributed by atoms with Gasteiger partial charge in [0.1, 0.15) is 5.82 Å². The van der Waals surface area contributed by atoms with E-state index < -0.39 is 0 Å². The molecule has 1 aromatic heterocycles. The summed E-state index contributed by atoms with van der Waals surface area (Å²) < 4.78 is 11.0. The summed E-state index contributed by atoms with van der Waals surface area (Å²) in [5.41, 5.74) is 4.27. The lowest BCUT2D eigenvalue weighted by Gasteiger charge is -2.31. The van der Waals surface area contributed by atoms with Crippen LogP contribution in [-0.2, 0) is 9.47 Å². The molecule has 0 saturated carbocycles. The van der Waals surface area contributed by atoms with E-state index in [0.29, 0.717) is 38.2 Å². The highest BCUT2D eigenvalue weighted by Gasteiger charge is 2.19. The van der Waals surface area contributed by atoms with Gasteiger partial charge in [-0.3, -0.25) is 5.43 Å². The third-order valence-corrected chi connectivity index (χ3v) is 6.52. The summed E-state index contributed by atoms with van der Waals surface area (Å²) in [5, 5.41) is 9.36. The highest BCUT2D eigenvalue weighted by atomic mass is 16.5. The maximum absolute atomic E-state index is 5.53. The highest BCUT2D eigenvalue weighted by Crippen LogP contribution is 2.27. The van der Waals surface area contributed by atoms with Crippen molar-refractivity contribution in [3.8, 4) is 0 Å². The van der Waals surface area contributed by atoms with E-state index in [4.69, 9.17) is 19.4 Å². The maximum Gasteiger partial charge on any atom is 0.229 e. The zero-order valence-corrected chi connectivity index (χ0v) is 19.6. The number of fused-ring (bicyclic) bond motifs is 2. The Morgan fingerprint density at radius 3 is 2.00 bits per heavy atom. The van der Waals surface area contributed by atoms with Gasteiger partial charge in [0, 0.05) is 37.8 Å². The number of rotatable bonds is 5. The Kier molecular flexibility index (Phi) is 6.13. The Hall–Kier alpha value is -3.75. The Morgan fingerprint density at radius 2 is 1.34 bits per heavy atom. The Balaban J connectivity index is 1.34. The van der Waals surface area contributed by atoms with Crippen molar-refractivity contribution in [1.82, 2.24) is 9.97 Å². The van der Waals surface area contributed by atoms with Gasteiger partial charge < -0.3 is 19.3 Å². The van der Waals surface area contributed by atoms with Crippen LogP contribution in [-0.4, -0.2) is 68.8 Å². The van der Waals surface area contributed by atoms with Crippen molar-refractivity contribution in [1.29, 1.82) is 0 Å². The van der Waals surface area contributed by atoms with E-state index in [9.17, 15) is 0 Å². The molecule has 4 aromatic rings. The SMILES string of the molecule is C(=N\Nc1cc(N2CCOCC2)nc(N2CCOCC2)n1)/c1c2ccccc2cc2ccccc12. The molecule has 2 fully saturated rings. The van der Waals surface area contributed by atoms with Crippen LogP contribution in [0.25, 0.3) is 21.5 Å². The van der Waals surface area contributed by atoms with E-state index in [2.05, 4.69) is 74.9 Å². The number of anilines is 3. The number of ether oxygens (including phenoxy) is 2. The number of nitrogens with one attached hydrogen (secondary N) is 1. The summed E-state index contributed by atoms with van der Waals surface area (Å²) in [4.78, 5) is 14.1. The summed E-state index contributed by atoms with van der Waals surface area (Å²) in [5.74, 6) is 2.26. The summed E-state index contributed by atoms with van der Waals surface area (Å²) in [6.07, 6.45) is 1.90. The van der Waals surface area contributed by atoms with Crippen LogP contribution < -0.4 is 15.2 Å². The molecule has 2 saturated heterocycles. The first kappa shape index (κ1) is 21.8. The van der Waals surface area contributed by atoms with E-state index >= 15 is 0 Å². The molecule has 8 nitrogen and oxygen atoms in total. The molecular formula is C27H28N6O2. The molecule has 0 aliphatic carbocycles. The van der Waals surface area contributed by atoms with Crippen LogP contribution in [0.1, 0.15) is 5.56 Å². The van der Waals surface area contributed by atoms with E-state index in [0.717, 1.165) is 37.6 Å². The van der Waals surface area contributed by atoms with Crippen molar-refractivity contribution in [3.63, 3.8) is 0 Å². The smallest absolute Gasteiger partial charge is 0.229 e. The number of hydrogen-bond donors (Lipinski definition) is 1. The summed E-state index contributed by atoms with van der Waals surface area (Å²) >= 11 is 0. The third kappa shape index (κ3) is 4.62. The summed E-state index contributed by atoms with van der Waals surface area (Å²) in [6.45, 7) is 5.93. The van der Waals surface area contributed by atoms with Crippen LogP contribution in [0, 0.1) is 0 Å². The van der Waals surface area contributed by atoms with E-state index in [1.165, 1.54) is 21.5 Å². The molecule has 0 radical (unpaired) electrons. The molecule has 0 unspecified atom stereocenters. The number of hydrazone groups is 1. The molecule has 8 heteroatoms. The van der Waals surface area contributed by atoms with Crippen molar-refractivity contribution < 1.29 is 9.47 Å². The zero-order valence-electron chi connectivity index (χ0n) is 19.6. The van der Waals surface area contributed by atoms with Crippen LogP contribution >= 0.6 is 0 Å². The average Bonchev–Trinajstić information content (AvgIpc) is 2.93. The van der Waals surface area contributed by atoms with Gasteiger partial charge >= 0.3 is 0 Å². The quantitative estimate of drug-likeness (QED) is 0.270. The average molecular weight is 469 g/mol. The lowest BCUT2D eigenvalue weighted by molar-refractivity contribution is 0.121. The molecule has 35 heavy (non-hydrogen) atoms. The Morgan fingerprint density at radius 1 is 0.743 bits per heavy atom. The number of morpholine rings is 2. The molecule has 178 valence electrons. The lowest BCUT2D eigenvalue weighted by atomic mass is 9.97. The van der Waals surface area contributed by atoms with E-state index in [-0.39, 0.29) is 0 Å². The monoisotopic (exact) mass is 468 g/mol. The minimum absolute atomic E-state index is 0.670. The molecule has 2 aliphatic heterocycles. The molecule has 3 aromatic carbocycles. The number of aromatic nitrogens is 2. The highest BCUT2D eigenvalue weighted by molar-refractivity contribution is 6.13.